The molecule has 1 aromatic rings. The van der Waals surface area contributed by atoms with Crippen LogP contribution in [0.5, 0.6) is 0 Å². The molecule has 0 spiro atoms. The van der Waals surface area contributed by atoms with Crippen molar-refractivity contribution in [1.82, 2.24) is 4.57 Å². The second-order valence-corrected chi connectivity index (χ2v) is 4.37. The summed E-state index contributed by atoms with van der Waals surface area (Å²) in [5.41, 5.74) is 2.97. The van der Waals surface area contributed by atoms with Crippen molar-refractivity contribution in [3.63, 3.8) is 0 Å². The predicted octanol–water partition coefficient (Wildman–Crippen LogP) is 3.16. The van der Waals surface area contributed by atoms with Crippen LogP contribution in [-0.4, -0.2) is 4.57 Å². The van der Waals surface area contributed by atoms with Crippen LogP contribution in [-0.2, 0) is 13.0 Å². The fraction of sp³-hybridized carbons (Fsp3) is 0.667. The van der Waals surface area contributed by atoms with Crippen LogP contribution in [0.1, 0.15) is 37.4 Å². The van der Waals surface area contributed by atoms with Gasteiger partial charge in [-0.1, -0.05) is 19.8 Å². The van der Waals surface area contributed by atoms with Gasteiger partial charge in [-0.25, -0.2) is 0 Å². The second kappa shape index (κ2) is 3.57. The van der Waals surface area contributed by atoms with Gasteiger partial charge in [0.05, 0.1) is 0 Å². The van der Waals surface area contributed by atoms with E-state index in [0.717, 1.165) is 5.92 Å². The lowest BCUT2D eigenvalue weighted by Crippen LogP contribution is -2.01. The normalized spacial score (nSPS) is 20.6. The number of hydrogen-bond acceptors (Lipinski definition) is 0. The molecule has 72 valence electrons. The summed E-state index contributed by atoms with van der Waals surface area (Å²) < 4.78 is 2.44. The molecule has 0 fully saturated rings. The summed E-state index contributed by atoms with van der Waals surface area (Å²) in [6.07, 6.45) is 7.76. The first-order valence-corrected chi connectivity index (χ1v) is 5.45. The van der Waals surface area contributed by atoms with E-state index in [1.165, 1.54) is 37.8 Å². The van der Waals surface area contributed by atoms with E-state index < -0.39 is 0 Å². The Kier molecular flexibility index (Phi) is 2.43. The molecule has 1 aliphatic heterocycles. The monoisotopic (exact) mass is 177 g/mol. The van der Waals surface area contributed by atoms with Crippen molar-refractivity contribution in [2.45, 2.75) is 46.1 Å². The van der Waals surface area contributed by atoms with Gasteiger partial charge in [0.15, 0.2) is 0 Å². The first kappa shape index (κ1) is 8.86. The SMILES string of the molecule is CCCCC1Cc2cc(C)cn2C1. The van der Waals surface area contributed by atoms with Gasteiger partial charge in [-0.15, -0.1) is 0 Å². The molecule has 0 saturated heterocycles. The van der Waals surface area contributed by atoms with E-state index in [1.807, 2.05) is 0 Å². The van der Waals surface area contributed by atoms with Gasteiger partial charge in [0.25, 0.3) is 0 Å². The molecule has 0 bridgehead atoms. The lowest BCUT2D eigenvalue weighted by molar-refractivity contribution is 0.455. The lowest BCUT2D eigenvalue weighted by atomic mass is 10.00. The van der Waals surface area contributed by atoms with Gasteiger partial charge in [0, 0.05) is 18.4 Å². The Morgan fingerprint density at radius 2 is 2.38 bits per heavy atom. The van der Waals surface area contributed by atoms with E-state index in [-0.39, 0.29) is 0 Å². The molecule has 1 aromatic heterocycles. The van der Waals surface area contributed by atoms with E-state index in [0.29, 0.717) is 0 Å². The predicted molar refractivity (Wildman–Crippen MR) is 55.9 cm³/mol. The third-order valence-corrected chi connectivity index (χ3v) is 3.04. The van der Waals surface area contributed by atoms with Crippen molar-refractivity contribution in [3.8, 4) is 0 Å². The number of aromatic nitrogens is 1. The highest BCUT2D eigenvalue weighted by Gasteiger charge is 2.20. The first-order chi connectivity index (χ1) is 6.29. The smallest absolute Gasteiger partial charge is 0.0254 e. The molecular formula is C12H19N. The third-order valence-electron chi connectivity index (χ3n) is 3.04. The minimum absolute atomic E-state index is 0.926. The van der Waals surface area contributed by atoms with Gasteiger partial charge in [0.2, 0.25) is 0 Å². The Balaban J connectivity index is 1.95. The third kappa shape index (κ3) is 1.79. The Labute approximate surface area is 80.8 Å². The Morgan fingerprint density at radius 3 is 3.08 bits per heavy atom. The van der Waals surface area contributed by atoms with Crippen LogP contribution in [0.4, 0.5) is 0 Å². The van der Waals surface area contributed by atoms with Crippen molar-refractivity contribution in [2.75, 3.05) is 0 Å². The van der Waals surface area contributed by atoms with Gasteiger partial charge < -0.3 is 4.57 Å². The van der Waals surface area contributed by atoms with Crippen LogP contribution < -0.4 is 0 Å². The standard InChI is InChI=1S/C12H19N/c1-3-4-5-11-7-12-6-10(2)8-13(12)9-11/h6,8,11H,3-5,7,9H2,1-2H3. The molecule has 0 amide bonds. The van der Waals surface area contributed by atoms with Crippen molar-refractivity contribution in [2.24, 2.45) is 5.92 Å². The Hall–Kier alpha value is -0.720. The quantitative estimate of drug-likeness (QED) is 0.668. The van der Waals surface area contributed by atoms with Gasteiger partial charge in [-0.2, -0.15) is 0 Å². The fourth-order valence-corrected chi connectivity index (χ4v) is 2.38. The molecule has 0 aliphatic carbocycles. The van der Waals surface area contributed by atoms with Crippen molar-refractivity contribution >= 4 is 0 Å². The van der Waals surface area contributed by atoms with Crippen LogP contribution in [0.25, 0.3) is 0 Å². The Morgan fingerprint density at radius 1 is 1.54 bits per heavy atom. The van der Waals surface area contributed by atoms with E-state index >= 15 is 0 Å². The van der Waals surface area contributed by atoms with Gasteiger partial charge >= 0.3 is 0 Å². The maximum atomic E-state index is 2.44. The number of fused-ring (bicyclic) bond motifs is 1. The highest BCUT2D eigenvalue weighted by Crippen LogP contribution is 2.26. The molecule has 1 heteroatoms. The van der Waals surface area contributed by atoms with Crippen LogP contribution >= 0.6 is 0 Å². The maximum absolute atomic E-state index is 2.44. The number of hydrogen-bond donors (Lipinski definition) is 0. The van der Waals surface area contributed by atoms with Crippen molar-refractivity contribution < 1.29 is 0 Å². The molecule has 0 saturated carbocycles. The molecule has 2 heterocycles. The second-order valence-electron chi connectivity index (χ2n) is 4.37. The van der Waals surface area contributed by atoms with Gasteiger partial charge in [0.1, 0.15) is 0 Å². The van der Waals surface area contributed by atoms with Crippen LogP contribution in [0.15, 0.2) is 12.3 Å². The van der Waals surface area contributed by atoms with E-state index in [4.69, 9.17) is 0 Å². The molecule has 1 atom stereocenters. The minimum atomic E-state index is 0.926. The minimum Gasteiger partial charge on any atom is -0.351 e. The molecule has 0 radical (unpaired) electrons. The molecule has 0 aromatic carbocycles. The molecular weight excluding hydrogens is 158 g/mol. The van der Waals surface area contributed by atoms with Crippen LogP contribution in [0, 0.1) is 12.8 Å². The molecule has 0 N–H and O–H groups in total. The van der Waals surface area contributed by atoms with E-state index in [2.05, 4.69) is 30.7 Å². The highest BCUT2D eigenvalue weighted by molar-refractivity contribution is 5.20. The summed E-state index contributed by atoms with van der Waals surface area (Å²) in [6, 6.07) is 2.34. The van der Waals surface area contributed by atoms with E-state index in [1.54, 1.807) is 5.69 Å². The first-order valence-electron chi connectivity index (χ1n) is 5.45. The maximum Gasteiger partial charge on any atom is 0.0254 e. The highest BCUT2D eigenvalue weighted by atomic mass is 15.0. The molecule has 1 unspecified atom stereocenters. The number of nitrogens with zero attached hydrogens (tertiary/aromatic N) is 1. The number of aryl methyl sites for hydroxylation is 1. The molecule has 13 heavy (non-hydrogen) atoms. The van der Waals surface area contributed by atoms with Gasteiger partial charge in [-0.3, -0.25) is 0 Å². The zero-order valence-electron chi connectivity index (χ0n) is 8.71. The summed E-state index contributed by atoms with van der Waals surface area (Å²) in [4.78, 5) is 0. The molecule has 1 nitrogen and oxygen atoms in total. The van der Waals surface area contributed by atoms with Crippen LogP contribution in [0.2, 0.25) is 0 Å². The fourth-order valence-electron chi connectivity index (χ4n) is 2.38. The topological polar surface area (TPSA) is 4.93 Å². The Bertz CT molecular complexity index is 262. The number of unbranched alkanes of at least 4 members (excludes halogenated alkanes) is 1. The van der Waals surface area contributed by atoms with E-state index in [9.17, 15) is 0 Å². The zero-order chi connectivity index (χ0) is 9.26. The summed E-state index contributed by atoms with van der Waals surface area (Å²) in [6.45, 7) is 5.73. The van der Waals surface area contributed by atoms with Gasteiger partial charge in [-0.05, 0) is 37.3 Å². The summed E-state index contributed by atoms with van der Waals surface area (Å²) in [7, 11) is 0. The van der Waals surface area contributed by atoms with Crippen LogP contribution in [0.3, 0.4) is 0 Å². The zero-order valence-corrected chi connectivity index (χ0v) is 8.71. The molecule has 2 rings (SSSR count). The summed E-state index contributed by atoms with van der Waals surface area (Å²) in [5.74, 6) is 0.926. The lowest BCUT2D eigenvalue weighted by Gasteiger charge is -2.06. The van der Waals surface area contributed by atoms with Crippen molar-refractivity contribution in [3.05, 3.63) is 23.5 Å². The largest absolute Gasteiger partial charge is 0.351 e. The average Bonchev–Trinajstić information content (AvgIpc) is 2.57. The van der Waals surface area contributed by atoms with Crippen molar-refractivity contribution in [1.29, 1.82) is 0 Å². The summed E-state index contributed by atoms with van der Waals surface area (Å²) in [5, 5.41) is 0. The summed E-state index contributed by atoms with van der Waals surface area (Å²) >= 11 is 0. The molecule has 1 aliphatic rings. The average molecular weight is 177 g/mol. The number of rotatable bonds is 3.